The molecule has 0 heterocycles. The first-order valence-electron chi connectivity index (χ1n) is 8.08. The molecule has 0 aliphatic rings. The molecule has 1 aromatic rings. The topological polar surface area (TPSA) is 18.5 Å². The van der Waals surface area contributed by atoms with Crippen molar-refractivity contribution in [1.29, 1.82) is 0 Å². The van der Waals surface area contributed by atoms with E-state index < -0.39 is 32.6 Å². The third-order valence-electron chi connectivity index (χ3n) is 4.35. The second kappa shape index (κ2) is 8.23. The number of benzene rings is 1. The van der Waals surface area contributed by atoms with Gasteiger partial charge < -0.3 is 9.16 Å². The summed E-state index contributed by atoms with van der Waals surface area (Å²) in [6.07, 6.45) is -3.59. The number of alkyl halides is 2. The molecule has 7 heteroatoms. The van der Waals surface area contributed by atoms with Gasteiger partial charge >= 0.3 is 6.11 Å². The zero-order valence-electron chi connectivity index (χ0n) is 15.0. The van der Waals surface area contributed by atoms with E-state index in [1.165, 1.54) is 12.1 Å². The molecule has 0 bridgehead atoms. The Balaban J connectivity index is 2.92. The van der Waals surface area contributed by atoms with E-state index in [-0.39, 0.29) is 16.6 Å². The molecule has 1 aromatic carbocycles. The van der Waals surface area contributed by atoms with Gasteiger partial charge in [-0.15, -0.1) is 0 Å². The fourth-order valence-electron chi connectivity index (χ4n) is 3.46. The van der Waals surface area contributed by atoms with E-state index in [4.69, 9.17) is 4.43 Å². The van der Waals surface area contributed by atoms with Gasteiger partial charge in [0.15, 0.2) is 11.6 Å². The molecule has 0 N–H and O–H groups in total. The van der Waals surface area contributed by atoms with Crippen molar-refractivity contribution < 1.29 is 22.3 Å². The molecule has 24 heavy (non-hydrogen) atoms. The van der Waals surface area contributed by atoms with Crippen molar-refractivity contribution in [3.05, 3.63) is 28.5 Å². The first-order valence-corrected chi connectivity index (χ1v) is 11.0. The predicted molar refractivity (Wildman–Crippen MR) is 96.7 cm³/mol. The van der Waals surface area contributed by atoms with Crippen LogP contribution in [0.15, 0.2) is 22.7 Å². The highest BCUT2D eigenvalue weighted by Crippen LogP contribution is 2.43. The molecule has 0 fully saturated rings. The Morgan fingerprint density at radius 1 is 1.04 bits per heavy atom. The Kier molecular flexibility index (Phi) is 7.38. The fourth-order valence-corrected chi connectivity index (χ4v) is 9.21. The Labute approximate surface area is 152 Å². The maximum absolute atomic E-state index is 14.2. The van der Waals surface area contributed by atoms with Crippen molar-refractivity contribution in [2.75, 3.05) is 6.61 Å². The summed E-state index contributed by atoms with van der Waals surface area (Å²) in [4.78, 5) is 0. The zero-order chi connectivity index (χ0) is 18.7. The van der Waals surface area contributed by atoms with Crippen LogP contribution in [0.1, 0.15) is 41.5 Å². The number of hydrogen-bond donors (Lipinski definition) is 0. The minimum absolute atomic E-state index is 0.178. The van der Waals surface area contributed by atoms with Crippen LogP contribution in [0.25, 0.3) is 0 Å². The number of ether oxygens (including phenoxy) is 1. The summed E-state index contributed by atoms with van der Waals surface area (Å²) in [5, 5.41) is 0. The third-order valence-corrected chi connectivity index (χ3v) is 10.9. The van der Waals surface area contributed by atoms with Crippen LogP contribution in [-0.2, 0) is 4.43 Å². The predicted octanol–water partition coefficient (Wildman–Crippen LogP) is 6.75. The molecule has 0 unspecified atom stereocenters. The van der Waals surface area contributed by atoms with Crippen LogP contribution in [0.2, 0.25) is 16.6 Å². The average molecular weight is 427 g/mol. The van der Waals surface area contributed by atoms with Crippen LogP contribution in [0.3, 0.4) is 0 Å². The fraction of sp³-hybridized carbons (Fsp3) is 0.647. The summed E-state index contributed by atoms with van der Waals surface area (Å²) < 4.78 is 53.0. The van der Waals surface area contributed by atoms with Gasteiger partial charge in [0.1, 0.15) is 6.61 Å². The summed E-state index contributed by atoms with van der Waals surface area (Å²) in [5.74, 6) is -1.33. The van der Waals surface area contributed by atoms with Gasteiger partial charge in [-0.3, -0.25) is 0 Å². The maximum Gasteiger partial charge on any atom is 0.420 e. The van der Waals surface area contributed by atoms with Crippen LogP contribution in [0.4, 0.5) is 13.2 Å². The highest BCUT2D eigenvalue weighted by Gasteiger charge is 2.48. The quantitative estimate of drug-likeness (QED) is 0.427. The van der Waals surface area contributed by atoms with Gasteiger partial charge in [0.2, 0.25) is 8.32 Å². The first kappa shape index (κ1) is 21.5. The Bertz CT molecular complexity index is 529. The third kappa shape index (κ3) is 4.99. The normalized spacial score (nSPS) is 13.2. The van der Waals surface area contributed by atoms with Crippen molar-refractivity contribution in [1.82, 2.24) is 0 Å². The van der Waals surface area contributed by atoms with Gasteiger partial charge in [0.05, 0.1) is 0 Å². The van der Waals surface area contributed by atoms with Crippen LogP contribution in [0.5, 0.6) is 5.75 Å². The SMILES string of the molecule is CC(C)[Si](OCC(F)(F)Oc1ccc(Br)cc1F)(C(C)C)C(C)C. The van der Waals surface area contributed by atoms with Gasteiger partial charge in [-0.25, -0.2) is 4.39 Å². The molecular formula is C17H26BrF3O2Si. The van der Waals surface area contributed by atoms with Crippen molar-refractivity contribution >= 4 is 24.2 Å². The molecule has 0 saturated heterocycles. The maximum atomic E-state index is 14.2. The second-order valence-corrected chi connectivity index (χ2v) is 13.3. The van der Waals surface area contributed by atoms with Crippen molar-refractivity contribution in [3.63, 3.8) is 0 Å². The Hall–Kier alpha value is -0.533. The van der Waals surface area contributed by atoms with Crippen molar-refractivity contribution in [3.8, 4) is 5.75 Å². The van der Waals surface area contributed by atoms with E-state index in [1.807, 2.05) is 41.5 Å². The van der Waals surface area contributed by atoms with Crippen LogP contribution in [0, 0.1) is 5.82 Å². The molecule has 0 aromatic heterocycles. The molecule has 0 saturated carbocycles. The van der Waals surface area contributed by atoms with Crippen LogP contribution < -0.4 is 4.74 Å². The summed E-state index contributed by atoms with van der Waals surface area (Å²) in [7, 11) is -2.44. The lowest BCUT2D eigenvalue weighted by Crippen LogP contribution is -2.50. The van der Waals surface area contributed by atoms with Crippen LogP contribution in [-0.4, -0.2) is 21.0 Å². The van der Waals surface area contributed by atoms with Gasteiger partial charge in [0, 0.05) is 4.47 Å². The summed E-state index contributed by atoms with van der Waals surface area (Å²) in [6.45, 7) is 11.2. The lowest BCUT2D eigenvalue weighted by molar-refractivity contribution is -0.199. The van der Waals surface area contributed by atoms with Gasteiger partial charge in [-0.2, -0.15) is 8.78 Å². The standard InChI is InChI=1S/C17H26BrF3O2Si/c1-11(2)24(12(3)4,13(5)6)22-10-17(20,21)23-16-8-7-14(18)9-15(16)19/h7-9,11-13H,10H2,1-6H3. The average Bonchev–Trinajstić information content (AvgIpc) is 2.41. The molecule has 0 spiro atoms. The monoisotopic (exact) mass is 426 g/mol. The van der Waals surface area contributed by atoms with Crippen LogP contribution >= 0.6 is 15.9 Å². The van der Waals surface area contributed by atoms with E-state index in [0.717, 1.165) is 6.07 Å². The lowest BCUT2D eigenvalue weighted by atomic mass is 10.3. The number of halogens is 4. The van der Waals surface area contributed by atoms with E-state index in [2.05, 4.69) is 20.7 Å². The summed E-state index contributed by atoms with van der Waals surface area (Å²) in [6, 6.07) is 3.71. The Morgan fingerprint density at radius 3 is 1.96 bits per heavy atom. The minimum atomic E-state index is -3.59. The molecule has 138 valence electrons. The van der Waals surface area contributed by atoms with Gasteiger partial charge in [-0.05, 0) is 34.8 Å². The lowest BCUT2D eigenvalue weighted by Gasteiger charge is -2.42. The molecule has 0 radical (unpaired) electrons. The molecule has 0 amide bonds. The van der Waals surface area contributed by atoms with E-state index in [9.17, 15) is 13.2 Å². The Morgan fingerprint density at radius 2 is 1.54 bits per heavy atom. The van der Waals surface area contributed by atoms with Crippen molar-refractivity contribution in [2.45, 2.75) is 64.3 Å². The molecule has 0 atom stereocenters. The second-order valence-electron chi connectivity index (χ2n) is 6.92. The highest BCUT2D eigenvalue weighted by molar-refractivity contribution is 9.10. The molecule has 0 aliphatic heterocycles. The summed E-state index contributed by atoms with van der Waals surface area (Å²) >= 11 is 3.08. The van der Waals surface area contributed by atoms with Gasteiger partial charge in [0.25, 0.3) is 0 Å². The molecule has 2 nitrogen and oxygen atoms in total. The van der Waals surface area contributed by atoms with Crippen molar-refractivity contribution in [2.24, 2.45) is 0 Å². The molecular weight excluding hydrogens is 401 g/mol. The molecule has 1 rings (SSSR count). The first-order chi connectivity index (χ1) is 10.9. The zero-order valence-corrected chi connectivity index (χ0v) is 17.6. The summed E-state index contributed by atoms with van der Waals surface area (Å²) in [5.41, 5.74) is 0.535. The minimum Gasteiger partial charge on any atom is -0.428 e. The van der Waals surface area contributed by atoms with E-state index >= 15 is 0 Å². The van der Waals surface area contributed by atoms with E-state index in [1.54, 1.807) is 0 Å². The van der Waals surface area contributed by atoms with Gasteiger partial charge in [-0.1, -0.05) is 57.5 Å². The molecule has 0 aliphatic carbocycles. The smallest absolute Gasteiger partial charge is 0.420 e. The van der Waals surface area contributed by atoms with E-state index in [0.29, 0.717) is 4.47 Å². The highest BCUT2D eigenvalue weighted by atomic mass is 79.9. The number of hydrogen-bond acceptors (Lipinski definition) is 2. The largest absolute Gasteiger partial charge is 0.428 e. The number of rotatable bonds is 8.